The van der Waals surface area contributed by atoms with Gasteiger partial charge in [0.15, 0.2) is 6.61 Å². The van der Waals surface area contributed by atoms with Gasteiger partial charge < -0.3 is 18.9 Å². The highest BCUT2D eigenvalue weighted by molar-refractivity contribution is 5.97. The lowest BCUT2D eigenvalue weighted by atomic mass is 10.2. The number of anilines is 1. The topological polar surface area (TPSA) is 84.6 Å². The third kappa shape index (κ3) is 5.41. The number of ether oxygens (including phenoxy) is 2. The molecule has 0 saturated heterocycles. The summed E-state index contributed by atoms with van der Waals surface area (Å²) in [6, 6.07) is 11.1. The quantitative estimate of drug-likeness (QED) is 0.578. The zero-order valence-corrected chi connectivity index (χ0v) is 18.3. The summed E-state index contributed by atoms with van der Waals surface area (Å²) in [4.78, 5) is 26.8. The molecule has 0 aliphatic heterocycles. The summed E-state index contributed by atoms with van der Waals surface area (Å²) in [5.74, 6) is -0.225. The lowest BCUT2D eigenvalue weighted by Crippen LogP contribution is -2.35. The summed E-state index contributed by atoms with van der Waals surface area (Å²) in [6.07, 6.45) is 0.169. The molecule has 1 amide bonds. The van der Waals surface area contributed by atoms with E-state index < -0.39 is 12.6 Å². The first-order valence-corrected chi connectivity index (χ1v) is 10.1. The van der Waals surface area contributed by atoms with Crippen molar-refractivity contribution < 1.29 is 19.1 Å². The number of hydrogen-bond acceptors (Lipinski definition) is 5. The van der Waals surface area contributed by atoms with E-state index >= 15 is 0 Å². The van der Waals surface area contributed by atoms with Gasteiger partial charge in [-0.05, 0) is 65.0 Å². The van der Waals surface area contributed by atoms with E-state index in [2.05, 4.69) is 4.57 Å². The lowest BCUT2D eigenvalue weighted by Gasteiger charge is -2.22. The summed E-state index contributed by atoms with van der Waals surface area (Å²) >= 11 is 0. The van der Waals surface area contributed by atoms with Gasteiger partial charge in [-0.15, -0.1) is 0 Å². The number of esters is 1. The maximum absolute atomic E-state index is 12.8. The number of nitrogens with zero attached hydrogens (tertiary/aromatic N) is 3. The van der Waals surface area contributed by atoms with E-state index in [4.69, 9.17) is 14.7 Å². The van der Waals surface area contributed by atoms with Gasteiger partial charge in [-0.25, -0.2) is 4.79 Å². The van der Waals surface area contributed by atoms with E-state index in [1.165, 1.54) is 4.90 Å². The molecule has 1 aromatic carbocycles. The van der Waals surface area contributed by atoms with Gasteiger partial charge in [0.1, 0.15) is 5.75 Å². The summed E-state index contributed by atoms with van der Waals surface area (Å²) in [7, 11) is 0. The highest BCUT2D eigenvalue weighted by Gasteiger charge is 2.21. The van der Waals surface area contributed by atoms with E-state index in [0.717, 1.165) is 11.4 Å². The molecule has 0 aliphatic rings. The Morgan fingerprint density at radius 3 is 2.40 bits per heavy atom. The smallest absolute Gasteiger partial charge is 0.340 e. The summed E-state index contributed by atoms with van der Waals surface area (Å²) in [6.45, 7) is 10.1. The first-order valence-electron chi connectivity index (χ1n) is 10.1. The van der Waals surface area contributed by atoms with Crippen molar-refractivity contribution in [1.29, 1.82) is 5.26 Å². The highest BCUT2D eigenvalue weighted by Crippen LogP contribution is 2.22. The molecule has 160 valence electrons. The molecule has 0 bridgehead atoms. The molecule has 2 aromatic rings. The van der Waals surface area contributed by atoms with Crippen LogP contribution in [0.25, 0.3) is 0 Å². The third-order valence-corrected chi connectivity index (χ3v) is 4.76. The number of nitriles is 1. The number of carbonyl (C=O) groups is 2. The summed E-state index contributed by atoms with van der Waals surface area (Å²) in [5, 5.41) is 8.93. The van der Waals surface area contributed by atoms with Crippen LogP contribution in [0.2, 0.25) is 0 Å². The van der Waals surface area contributed by atoms with Crippen molar-refractivity contribution in [1.82, 2.24) is 4.57 Å². The molecule has 2 rings (SSSR count). The largest absolute Gasteiger partial charge is 0.494 e. The Labute approximate surface area is 177 Å². The normalized spacial score (nSPS) is 10.6. The van der Waals surface area contributed by atoms with Gasteiger partial charge in [-0.2, -0.15) is 5.26 Å². The van der Waals surface area contributed by atoms with Crippen LogP contribution in [0, 0.1) is 25.2 Å². The maximum atomic E-state index is 12.8. The first kappa shape index (κ1) is 23.0. The van der Waals surface area contributed by atoms with Gasteiger partial charge in [-0.1, -0.05) is 0 Å². The molecule has 0 unspecified atom stereocenters. The molecule has 1 aromatic heterocycles. The summed E-state index contributed by atoms with van der Waals surface area (Å²) in [5.41, 5.74) is 2.85. The molecule has 7 heteroatoms. The number of carbonyl (C=O) groups excluding carboxylic acids is 2. The number of hydrogen-bond donors (Lipinski definition) is 0. The van der Waals surface area contributed by atoms with Crippen molar-refractivity contribution in [2.24, 2.45) is 0 Å². The van der Waals surface area contributed by atoms with E-state index in [0.29, 0.717) is 23.6 Å². The zero-order chi connectivity index (χ0) is 22.3. The van der Waals surface area contributed by atoms with Crippen molar-refractivity contribution in [2.75, 3.05) is 24.7 Å². The Morgan fingerprint density at radius 1 is 1.20 bits per heavy atom. The molecule has 30 heavy (non-hydrogen) atoms. The van der Waals surface area contributed by atoms with Crippen LogP contribution in [0.15, 0.2) is 30.3 Å². The van der Waals surface area contributed by atoms with E-state index in [-0.39, 0.29) is 24.9 Å². The van der Waals surface area contributed by atoms with Gasteiger partial charge in [-0.3, -0.25) is 4.79 Å². The fourth-order valence-corrected chi connectivity index (χ4v) is 3.51. The first-order chi connectivity index (χ1) is 14.3. The van der Waals surface area contributed by atoms with Crippen molar-refractivity contribution in [3.63, 3.8) is 0 Å². The van der Waals surface area contributed by atoms with E-state index in [1.54, 1.807) is 30.3 Å². The Hall–Kier alpha value is -3.27. The fraction of sp³-hybridized carbons (Fsp3) is 0.435. The predicted octanol–water partition coefficient (Wildman–Crippen LogP) is 4.19. The Morgan fingerprint density at radius 2 is 1.87 bits per heavy atom. The SMILES string of the molecule is CCOc1ccc(N(CCC#N)C(=O)COC(=O)c2cc(C)n(C(C)C)c2C)cc1. The van der Waals surface area contributed by atoms with Gasteiger partial charge in [0.25, 0.3) is 5.91 Å². The Kier molecular flexibility index (Phi) is 8.05. The van der Waals surface area contributed by atoms with Crippen LogP contribution in [0.5, 0.6) is 5.75 Å². The molecular weight excluding hydrogens is 382 g/mol. The number of aryl methyl sites for hydroxylation is 1. The van der Waals surface area contributed by atoms with Crippen molar-refractivity contribution in [3.8, 4) is 11.8 Å². The molecule has 0 spiro atoms. The number of benzene rings is 1. The van der Waals surface area contributed by atoms with Crippen LogP contribution in [0.3, 0.4) is 0 Å². The number of rotatable bonds is 9. The van der Waals surface area contributed by atoms with Gasteiger partial charge in [0, 0.05) is 29.7 Å². The summed E-state index contributed by atoms with van der Waals surface area (Å²) < 4.78 is 12.8. The van der Waals surface area contributed by atoms with E-state index in [1.807, 2.05) is 40.7 Å². The third-order valence-electron chi connectivity index (χ3n) is 4.76. The van der Waals surface area contributed by atoms with Crippen LogP contribution in [0.4, 0.5) is 5.69 Å². The van der Waals surface area contributed by atoms with Crippen LogP contribution in [0.1, 0.15) is 55.0 Å². The number of aromatic nitrogens is 1. The van der Waals surface area contributed by atoms with Crippen LogP contribution in [-0.4, -0.2) is 36.2 Å². The second-order valence-corrected chi connectivity index (χ2v) is 7.21. The molecule has 0 radical (unpaired) electrons. The van der Waals surface area contributed by atoms with Gasteiger partial charge in [0.05, 0.1) is 24.7 Å². The monoisotopic (exact) mass is 411 g/mol. The standard InChI is InChI=1S/C23H29N3O4/c1-6-29-20-10-8-19(9-11-20)25(13-7-12-24)22(27)15-30-23(28)21-14-17(4)26(16(2)3)18(21)5/h8-11,14,16H,6-7,13,15H2,1-5H3. The van der Waals surface area contributed by atoms with Crippen molar-refractivity contribution in [2.45, 2.75) is 47.1 Å². The van der Waals surface area contributed by atoms with Crippen LogP contribution >= 0.6 is 0 Å². The van der Waals surface area contributed by atoms with E-state index in [9.17, 15) is 9.59 Å². The average Bonchev–Trinajstić information content (AvgIpc) is 3.02. The van der Waals surface area contributed by atoms with Crippen LogP contribution in [-0.2, 0) is 9.53 Å². The lowest BCUT2D eigenvalue weighted by molar-refractivity contribution is -0.121. The van der Waals surface area contributed by atoms with Crippen molar-refractivity contribution >= 4 is 17.6 Å². The number of amides is 1. The Balaban J connectivity index is 2.11. The molecule has 0 N–H and O–H groups in total. The average molecular weight is 412 g/mol. The van der Waals surface area contributed by atoms with Crippen LogP contribution < -0.4 is 9.64 Å². The minimum Gasteiger partial charge on any atom is -0.494 e. The predicted molar refractivity (Wildman–Crippen MR) is 115 cm³/mol. The second kappa shape index (κ2) is 10.5. The molecule has 0 aliphatic carbocycles. The molecule has 0 saturated carbocycles. The van der Waals surface area contributed by atoms with Crippen molar-refractivity contribution in [3.05, 3.63) is 47.3 Å². The zero-order valence-electron chi connectivity index (χ0n) is 18.3. The molecule has 1 heterocycles. The van der Waals surface area contributed by atoms with Gasteiger partial charge in [0.2, 0.25) is 0 Å². The molecule has 7 nitrogen and oxygen atoms in total. The Bertz CT molecular complexity index is 923. The molecule has 0 atom stereocenters. The van der Waals surface area contributed by atoms with Gasteiger partial charge >= 0.3 is 5.97 Å². The maximum Gasteiger partial charge on any atom is 0.340 e. The second-order valence-electron chi connectivity index (χ2n) is 7.21. The minimum absolute atomic E-state index is 0.169. The fourth-order valence-electron chi connectivity index (χ4n) is 3.51. The molecule has 0 fully saturated rings. The molecular formula is C23H29N3O4. The minimum atomic E-state index is -0.532. The highest BCUT2D eigenvalue weighted by atomic mass is 16.5.